The maximum atomic E-state index is 13.2. The number of fused-ring (bicyclic) bond motifs is 2. The van der Waals surface area contributed by atoms with Gasteiger partial charge >= 0.3 is 35.8 Å². The lowest BCUT2D eigenvalue weighted by atomic mass is 9.42. The molecule has 22 rings (SSSR count). The standard InChI is InChI=1S/C23H40O2.2C21H36O2.C20H34O2.C19H32O2.C10H20O2.C7H12/c1-8-21(6,7)20(24)25-23(15(2)3,16(4)5)22-12-17-9-18(13-22)11-19(10-17)14-22;1-6-8-20(5,23-18(22)19(3,4)7-2)21-12-15-9-16(13-21)11-17(10-15)14-21;1-6-19(4,5)18(22)23-21(7-2,8-3)20-12-15-9-16(13-20)11-17(10-15)14-20;1-6-18(3,4)17(21)22-19(5,7-2)20-11-14-8-15(12-20)10-16(9-14)13-20;1-6-17(2,3)16(20)21-18(4,5)19-10-13-7-14(11-19)9-15(8-13)12-19;1-7-10(5,6)8(11)12-9(2,3)4;1-2-7-4-3-6(1)5-7/h15-19H,8-14H2,1-7H3;2*15-17H,6-14H2,1-5H3;14-16H,6-13H2,1-5H3;13-15H,6-12H2,1-5H3;7H2,1-6H3;6-7H,1-5H2. The highest BCUT2D eigenvalue weighted by Gasteiger charge is 2.68. The van der Waals surface area contributed by atoms with E-state index in [1.165, 1.54) is 204 Å². The fourth-order valence-corrected chi connectivity index (χ4v) is 33.8. The summed E-state index contributed by atoms with van der Waals surface area (Å²) >= 11 is 0. The summed E-state index contributed by atoms with van der Waals surface area (Å²) in [5, 5.41) is 0. The summed E-state index contributed by atoms with van der Waals surface area (Å²) in [7, 11) is 0. The summed E-state index contributed by atoms with van der Waals surface area (Å²) in [5.74, 6) is 16.4. The Balaban J connectivity index is 0.000000153. The molecular weight excluding hydrogens is 1650 g/mol. The predicted molar refractivity (Wildman–Crippen MR) is 546 cm³/mol. The minimum Gasteiger partial charge on any atom is -0.460 e. The van der Waals surface area contributed by atoms with Crippen LogP contribution in [0.25, 0.3) is 0 Å². The molecule has 133 heavy (non-hydrogen) atoms. The second-order valence-electron chi connectivity index (χ2n) is 56.9. The normalized spacial score (nSPS) is 35.8. The Morgan fingerprint density at radius 3 is 0.669 bits per heavy atom. The first kappa shape index (κ1) is 110. The van der Waals surface area contributed by atoms with Gasteiger partial charge in [0, 0.05) is 27.1 Å². The summed E-state index contributed by atoms with van der Waals surface area (Å²) in [6, 6.07) is 0. The first-order valence-corrected chi connectivity index (χ1v) is 57.0. The fourth-order valence-electron chi connectivity index (χ4n) is 33.8. The summed E-state index contributed by atoms with van der Waals surface area (Å²) in [5.41, 5.74) is -2.70. The maximum Gasteiger partial charge on any atom is 0.312 e. The van der Waals surface area contributed by atoms with Gasteiger partial charge in [0.2, 0.25) is 0 Å². The van der Waals surface area contributed by atoms with Crippen molar-refractivity contribution >= 4 is 35.8 Å². The zero-order valence-electron chi connectivity index (χ0n) is 92.9. The molecule has 2 atom stereocenters. The lowest BCUT2D eigenvalue weighted by molar-refractivity contribution is -0.244. The quantitative estimate of drug-likeness (QED) is 0.0516. The minimum atomic E-state index is -0.392. The molecule has 0 aromatic rings. The summed E-state index contributed by atoms with van der Waals surface area (Å²) in [6.45, 7) is 69.1. The third-order valence-corrected chi connectivity index (χ3v) is 43.0. The van der Waals surface area contributed by atoms with Gasteiger partial charge in [-0.1, -0.05) is 129 Å². The molecule has 0 aromatic heterocycles. The molecule has 2 unspecified atom stereocenters. The molecule has 22 saturated carbocycles. The average Bonchev–Trinajstić information content (AvgIpc) is 1.32. The van der Waals surface area contributed by atoms with Gasteiger partial charge in [-0.15, -0.1) is 0 Å². The van der Waals surface area contributed by atoms with Crippen LogP contribution in [0.15, 0.2) is 0 Å². The number of carbonyl (C=O) groups is 6. The second-order valence-corrected chi connectivity index (χ2v) is 56.9. The van der Waals surface area contributed by atoms with Crippen LogP contribution < -0.4 is 0 Å². The van der Waals surface area contributed by atoms with Crippen LogP contribution in [0.1, 0.15) is 524 Å². The molecule has 0 saturated heterocycles. The average molecular weight is 1860 g/mol. The van der Waals surface area contributed by atoms with E-state index in [0.717, 1.165) is 159 Å². The minimum absolute atomic E-state index is 0.00857. The molecule has 0 aromatic carbocycles. The van der Waals surface area contributed by atoms with E-state index in [2.05, 4.69) is 118 Å². The molecule has 766 valence electrons. The molecule has 0 amide bonds. The lowest BCUT2D eigenvalue weighted by Crippen LogP contribution is -2.65. The number of rotatable bonds is 29. The Morgan fingerprint density at radius 2 is 0.444 bits per heavy atom. The molecule has 0 N–H and O–H groups in total. The van der Waals surface area contributed by atoms with E-state index in [4.69, 9.17) is 28.4 Å². The summed E-state index contributed by atoms with van der Waals surface area (Å²) in [4.78, 5) is 75.8. The molecule has 22 fully saturated rings. The Labute approximate surface area is 817 Å². The van der Waals surface area contributed by atoms with Gasteiger partial charge in [-0.05, 0) is 507 Å². The van der Waals surface area contributed by atoms with E-state index in [1.807, 2.05) is 111 Å². The third kappa shape index (κ3) is 23.0. The lowest BCUT2D eigenvalue weighted by Gasteiger charge is -2.65. The Morgan fingerprint density at radius 1 is 0.233 bits per heavy atom. The van der Waals surface area contributed by atoms with Crippen molar-refractivity contribution in [2.24, 2.45) is 172 Å². The van der Waals surface area contributed by atoms with Crippen LogP contribution in [0.5, 0.6) is 0 Å². The van der Waals surface area contributed by atoms with Gasteiger partial charge in [-0.3, -0.25) is 28.8 Å². The SMILES string of the molecule is C1CC2CCC1C2.CCC(C)(C)C(=O)OC(C(C)C)(C(C)C)C12CC3CC(CC(C3)C1)C2.CCC(C)(C)C(=O)OC(C)(C)C.CCC(C)(C)C(=O)OC(C)(C)C12CC3CC(CC(C3)C1)C2.CCC(C)(C)C(=O)OC(C)(CC)C12CC3CC(CC(C3)C1)C2.CCC(C)(C)C(=O)OC(CC)(CC)C12CC3CC(CC(C3)C1)C2.CCCC(C)(OC(=O)C(C)(C)CC)C12CC3CC(CC(C3)C1)C2. The molecule has 12 heteroatoms. The molecule has 22 aliphatic rings. The largest absolute Gasteiger partial charge is 0.460 e. The topological polar surface area (TPSA) is 158 Å². The van der Waals surface area contributed by atoms with Crippen molar-refractivity contribution in [3.63, 3.8) is 0 Å². The van der Waals surface area contributed by atoms with E-state index in [0.29, 0.717) is 11.8 Å². The highest BCUT2D eigenvalue weighted by Crippen LogP contribution is 2.72. The van der Waals surface area contributed by atoms with Crippen LogP contribution in [-0.4, -0.2) is 69.4 Å². The highest BCUT2D eigenvalue weighted by molar-refractivity contribution is 5.79. The van der Waals surface area contributed by atoms with E-state index >= 15 is 0 Å². The molecule has 22 aliphatic carbocycles. The molecule has 0 spiro atoms. The first-order chi connectivity index (χ1) is 61.6. The van der Waals surface area contributed by atoms with Gasteiger partial charge < -0.3 is 28.4 Å². The summed E-state index contributed by atoms with van der Waals surface area (Å²) in [6.07, 6.45) is 58.8. The molecule has 0 aliphatic heterocycles. The Kier molecular flexibility index (Phi) is 34.2. The van der Waals surface area contributed by atoms with E-state index in [-0.39, 0.29) is 124 Å². The van der Waals surface area contributed by atoms with Gasteiger partial charge in [0.1, 0.15) is 33.6 Å². The predicted octanol–water partition coefficient (Wildman–Crippen LogP) is 33.0. The van der Waals surface area contributed by atoms with Crippen molar-refractivity contribution in [2.75, 3.05) is 0 Å². The van der Waals surface area contributed by atoms with Crippen LogP contribution in [0.4, 0.5) is 0 Å². The van der Waals surface area contributed by atoms with Gasteiger partial charge in [-0.2, -0.15) is 0 Å². The van der Waals surface area contributed by atoms with Crippen molar-refractivity contribution in [1.29, 1.82) is 0 Å². The molecule has 0 heterocycles. The van der Waals surface area contributed by atoms with Crippen molar-refractivity contribution in [3.8, 4) is 0 Å². The Hall–Kier alpha value is -3.18. The molecule has 0 radical (unpaired) electrons. The summed E-state index contributed by atoms with van der Waals surface area (Å²) < 4.78 is 37.2. The molecular formula is C121H210O12. The fraction of sp³-hybridized carbons (Fsp3) is 0.950. The first-order valence-electron chi connectivity index (χ1n) is 57.0. The smallest absolute Gasteiger partial charge is 0.312 e. The van der Waals surface area contributed by atoms with E-state index in [9.17, 15) is 28.8 Å². The maximum absolute atomic E-state index is 13.2. The highest BCUT2D eigenvalue weighted by atomic mass is 16.6. The number of hydrogen-bond donors (Lipinski definition) is 0. The van der Waals surface area contributed by atoms with Crippen LogP contribution in [0.2, 0.25) is 0 Å². The van der Waals surface area contributed by atoms with Crippen LogP contribution in [-0.2, 0) is 57.2 Å². The van der Waals surface area contributed by atoms with Crippen molar-refractivity contribution < 1.29 is 57.2 Å². The zero-order chi connectivity index (χ0) is 98.7. The van der Waals surface area contributed by atoms with Crippen LogP contribution in [0.3, 0.4) is 0 Å². The van der Waals surface area contributed by atoms with Crippen molar-refractivity contribution in [2.45, 2.75) is 557 Å². The second kappa shape index (κ2) is 41.3. The number of hydrogen-bond acceptors (Lipinski definition) is 12. The zero-order valence-corrected chi connectivity index (χ0v) is 92.9. The molecule has 12 nitrogen and oxygen atoms in total. The van der Waals surface area contributed by atoms with Gasteiger partial charge in [0.25, 0.3) is 0 Å². The number of carbonyl (C=O) groups excluding carboxylic acids is 6. The van der Waals surface area contributed by atoms with E-state index < -0.39 is 5.41 Å². The van der Waals surface area contributed by atoms with E-state index in [1.54, 1.807) is 32.1 Å². The van der Waals surface area contributed by atoms with Gasteiger partial charge in [-0.25, -0.2) is 0 Å². The van der Waals surface area contributed by atoms with Crippen LogP contribution >= 0.6 is 0 Å². The van der Waals surface area contributed by atoms with Gasteiger partial charge in [0.15, 0.2) is 0 Å². The van der Waals surface area contributed by atoms with Crippen molar-refractivity contribution in [3.05, 3.63) is 0 Å². The molecule has 22 bridgehead atoms. The van der Waals surface area contributed by atoms with Gasteiger partial charge in [0.05, 0.1) is 32.5 Å². The number of esters is 6. The van der Waals surface area contributed by atoms with Crippen LogP contribution in [0, 0.1) is 172 Å². The Bertz CT molecular complexity index is 3690. The number of ether oxygens (including phenoxy) is 6. The van der Waals surface area contributed by atoms with Crippen molar-refractivity contribution in [1.82, 2.24) is 0 Å². The monoisotopic (exact) mass is 1860 g/mol. The third-order valence-electron chi connectivity index (χ3n) is 43.0.